The SMILES string of the molecule is COc1cc(Nc2nccnc2C#N)cc(OC)c1. The predicted octanol–water partition coefficient (Wildman–Crippen LogP) is 2.11. The molecule has 6 heteroatoms. The smallest absolute Gasteiger partial charge is 0.183 e. The van der Waals surface area contributed by atoms with Crippen molar-refractivity contribution in [2.45, 2.75) is 0 Å². The summed E-state index contributed by atoms with van der Waals surface area (Å²) in [5, 5.41) is 12.0. The quantitative estimate of drug-likeness (QED) is 0.902. The zero-order valence-electron chi connectivity index (χ0n) is 10.5. The molecule has 0 aliphatic carbocycles. The second kappa shape index (κ2) is 5.69. The van der Waals surface area contributed by atoms with E-state index in [1.54, 1.807) is 32.4 Å². The lowest BCUT2D eigenvalue weighted by Crippen LogP contribution is -1.99. The van der Waals surface area contributed by atoms with E-state index in [1.807, 2.05) is 6.07 Å². The van der Waals surface area contributed by atoms with Crippen molar-refractivity contribution in [3.63, 3.8) is 0 Å². The number of ether oxygens (including phenoxy) is 2. The minimum absolute atomic E-state index is 0.226. The number of benzene rings is 1. The molecule has 1 N–H and O–H groups in total. The monoisotopic (exact) mass is 256 g/mol. The second-order valence-corrected chi connectivity index (χ2v) is 3.59. The lowest BCUT2D eigenvalue weighted by atomic mass is 10.2. The Morgan fingerprint density at radius 2 is 1.68 bits per heavy atom. The third kappa shape index (κ3) is 2.90. The summed E-state index contributed by atoms with van der Waals surface area (Å²) in [6.07, 6.45) is 2.98. The minimum atomic E-state index is 0.226. The third-order valence-electron chi connectivity index (χ3n) is 2.42. The first-order chi connectivity index (χ1) is 9.26. The molecule has 0 aliphatic rings. The normalized spacial score (nSPS) is 9.53. The summed E-state index contributed by atoms with van der Waals surface area (Å²) < 4.78 is 10.3. The topological polar surface area (TPSA) is 80.1 Å². The van der Waals surface area contributed by atoms with E-state index in [-0.39, 0.29) is 5.69 Å². The standard InChI is InChI=1S/C13H12N4O2/c1-18-10-5-9(6-11(7-10)19-2)17-13-12(8-14)15-3-4-16-13/h3-7H,1-2H3,(H,16,17). The van der Waals surface area contributed by atoms with Gasteiger partial charge in [-0.1, -0.05) is 0 Å². The molecule has 0 spiro atoms. The van der Waals surface area contributed by atoms with Gasteiger partial charge in [-0.05, 0) is 0 Å². The highest BCUT2D eigenvalue weighted by Crippen LogP contribution is 2.27. The lowest BCUT2D eigenvalue weighted by Gasteiger charge is -2.10. The molecule has 0 unspecified atom stereocenters. The van der Waals surface area contributed by atoms with Crippen molar-refractivity contribution in [3.8, 4) is 17.6 Å². The molecule has 2 aromatic rings. The summed E-state index contributed by atoms with van der Waals surface area (Å²) in [4.78, 5) is 8.01. The van der Waals surface area contributed by atoms with Gasteiger partial charge in [0.05, 0.1) is 14.2 Å². The van der Waals surface area contributed by atoms with Gasteiger partial charge in [-0.2, -0.15) is 5.26 Å². The number of hydrogen-bond acceptors (Lipinski definition) is 6. The van der Waals surface area contributed by atoms with Gasteiger partial charge in [0.25, 0.3) is 0 Å². The van der Waals surface area contributed by atoms with E-state index >= 15 is 0 Å². The molecule has 19 heavy (non-hydrogen) atoms. The van der Waals surface area contributed by atoms with Crippen LogP contribution in [0.25, 0.3) is 0 Å². The maximum Gasteiger partial charge on any atom is 0.183 e. The maximum absolute atomic E-state index is 8.96. The van der Waals surface area contributed by atoms with E-state index < -0.39 is 0 Å². The first-order valence-electron chi connectivity index (χ1n) is 5.48. The molecule has 0 saturated heterocycles. The minimum Gasteiger partial charge on any atom is -0.497 e. The molecular formula is C13H12N4O2. The largest absolute Gasteiger partial charge is 0.497 e. The fourth-order valence-electron chi connectivity index (χ4n) is 1.53. The average molecular weight is 256 g/mol. The molecule has 0 aliphatic heterocycles. The number of nitrogens with one attached hydrogen (secondary N) is 1. The van der Waals surface area contributed by atoms with Crippen LogP contribution in [0.15, 0.2) is 30.6 Å². The van der Waals surface area contributed by atoms with E-state index in [0.29, 0.717) is 23.0 Å². The molecule has 0 atom stereocenters. The lowest BCUT2D eigenvalue weighted by molar-refractivity contribution is 0.395. The van der Waals surface area contributed by atoms with E-state index in [4.69, 9.17) is 14.7 Å². The molecule has 0 amide bonds. The Morgan fingerprint density at radius 3 is 2.26 bits per heavy atom. The van der Waals surface area contributed by atoms with Crippen molar-refractivity contribution in [1.82, 2.24) is 9.97 Å². The van der Waals surface area contributed by atoms with Crippen molar-refractivity contribution >= 4 is 11.5 Å². The van der Waals surface area contributed by atoms with Crippen LogP contribution in [0, 0.1) is 11.3 Å². The van der Waals surface area contributed by atoms with Crippen LogP contribution < -0.4 is 14.8 Å². The highest BCUT2D eigenvalue weighted by molar-refractivity contribution is 5.64. The molecule has 0 radical (unpaired) electrons. The highest BCUT2D eigenvalue weighted by Gasteiger charge is 2.07. The molecule has 1 heterocycles. The predicted molar refractivity (Wildman–Crippen MR) is 69.6 cm³/mol. The molecule has 2 rings (SSSR count). The van der Waals surface area contributed by atoms with Gasteiger partial charge in [-0.25, -0.2) is 9.97 Å². The van der Waals surface area contributed by atoms with Crippen molar-refractivity contribution in [2.75, 3.05) is 19.5 Å². The van der Waals surface area contributed by atoms with Gasteiger partial charge < -0.3 is 14.8 Å². The molecule has 6 nitrogen and oxygen atoms in total. The highest BCUT2D eigenvalue weighted by atomic mass is 16.5. The Labute approximate surface area is 110 Å². The summed E-state index contributed by atoms with van der Waals surface area (Å²) in [7, 11) is 3.14. The number of rotatable bonds is 4. The summed E-state index contributed by atoms with van der Waals surface area (Å²) >= 11 is 0. The van der Waals surface area contributed by atoms with Crippen LogP contribution in [0.5, 0.6) is 11.5 Å². The third-order valence-corrected chi connectivity index (χ3v) is 2.42. The Hall–Kier alpha value is -2.81. The Bertz CT molecular complexity index is 600. The van der Waals surface area contributed by atoms with E-state index in [0.717, 1.165) is 0 Å². The molecule has 1 aromatic heterocycles. The van der Waals surface area contributed by atoms with Crippen LogP contribution in [0.3, 0.4) is 0 Å². The van der Waals surface area contributed by atoms with Crippen molar-refractivity contribution in [1.29, 1.82) is 5.26 Å². The second-order valence-electron chi connectivity index (χ2n) is 3.59. The van der Waals surface area contributed by atoms with Crippen LogP contribution in [-0.4, -0.2) is 24.2 Å². The van der Waals surface area contributed by atoms with Gasteiger partial charge in [0.15, 0.2) is 11.5 Å². The zero-order valence-corrected chi connectivity index (χ0v) is 10.5. The number of nitriles is 1. The molecule has 0 bridgehead atoms. The van der Waals surface area contributed by atoms with Crippen LogP contribution >= 0.6 is 0 Å². The van der Waals surface area contributed by atoms with Crippen LogP contribution in [0.2, 0.25) is 0 Å². The summed E-state index contributed by atoms with van der Waals surface area (Å²) in [5.74, 6) is 1.67. The fraction of sp³-hybridized carbons (Fsp3) is 0.154. The fourth-order valence-corrected chi connectivity index (χ4v) is 1.53. The Morgan fingerprint density at radius 1 is 1.05 bits per heavy atom. The van der Waals surface area contributed by atoms with Gasteiger partial charge in [-0.3, -0.25) is 0 Å². The van der Waals surface area contributed by atoms with Gasteiger partial charge in [0.1, 0.15) is 17.6 Å². The van der Waals surface area contributed by atoms with Gasteiger partial charge in [0, 0.05) is 36.3 Å². The van der Waals surface area contributed by atoms with E-state index in [9.17, 15) is 0 Å². The van der Waals surface area contributed by atoms with Crippen molar-refractivity contribution < 1.29 is 9.47 Å². The van der Waals surface area contributed by atoms with E-state index in [2.05, 4.69) is 15.3 Å². The van der Waals surface area contributed by atoms with Crippen LogP contribution in [0.1, 0.15) is 5.69 Å². The Kier molecular flexibility index (Phi) is 3.78. The first kappa shape index (κ1) is 12.6. The molecule has 96 valence electrons. The summed E-state index contributed by atoms with van der Waals surface area (Å²) in [6, 6.07) is 7.28. The average Bonchev–Trinajstić information content (AvgIpc) is 2.47. The zero-order chi connectivity index (χ0) is 13.7. The van der Waals surface area contributed by atoms with E-state index in [1.165, 1.54) is 12.4 Å². The molecule has 1 aromatic carbocycles. The van der Waals surface area contributed by atoms with Crippen LogP contribution in [-0.2, 0) is 0 Å². The number of hydrogen-bond donors (Lipinski definition) is 1. The first-order valence-corrected chi connectivity index (χ1v) is 5.48. The van der Waals surface area contributed by atoms with Crippen LogP contribution in [0.4, 0.5) is 11.5 Å². The summed E-state index contributed by atoms with van der Waals surface area (Å²) in [5.41, 5.74) is 0.928. The Balaban J connectivity index is 2.35. The van der Waals surface area contributed by atoms with Gasteiger partial charge >= 0.3 is 0 Å². The van der Waals surface area contributed by atoms with Gasteiger partial charge in [0.2, 0.25) is 0 Å². The van der Waals surface area contributed by atoms with Gasteiger partial charge in [-0.15, -0.1) is 0 Å². The van der Waals surface area contributed by atoms with Crippen molar-refractivity contribution in [3.05, 3.63) is 36.3 Å². The molecule has 0 saturated carbocycles. The maximum atomic E-state index is 8.96. The number of anilines is 2. The number of aromatic nitrogens is 2. The number of nitrogens with zero attached hydrogens (tertiary/aromatic N) is 3. The number of methoxy groups -OCH3 is 2. The molecule has 0 fully saturated rings. The van der Waals surface area contributed by atoms with Crippen molar-refractivity contribution in [2.24, 2.45) is 0 Å². The summed E-state index contributed by atoms with van der Waals surface area (Å²) in [6.45, 7) is 0. The molecular weight excluding hydrogens is 244 g/mol.